The molecule has 0 heterocycles. The van der Waals surface area contributed by atoms with Crippen molar-refractivity contribution in [1.29, 1.82) is 0 Å². The van der Waals surface area contributed by atoms with Crippen molar-refractivity contribution in [2.75, 3.05) is 7.11 Å². The first-order valence-electron chi connectivity index (χ1n) is 6.97. The molecule has 0 aromatic heterocycles. The van der Waals surface area contributed by atoms with E-state index in [1.54, 1.807) is 13.2 Å². The summed E-state index contributed by atoms with van der Waals surface area (Å²) in [7, 11) is 1.61. The van der Waals surface area contributed by atoms with Crippen LogP contribution >= 0.6 is 0 Å². The molecule has 0 N–H and O–H groups in total. The van der Waals surface area contributed by atoms with Crippen molar-refractivity contribution in [3.05, 3.63) is 84.0 Å². The highest BCUT2D eigenvalue weighted by Crippen LogP contribution is 2.12. The number of methoxy groups -OCH3 is 1. The number of rotatable bonds is 6. The molecule has 0 amide bonds. The molecule has 0 aliphatic rings. The largest absolute Gasteiger partial charge is 0.497 e. The van der Waals surface area contributed by atoms with Crippen molar-refractivity contribution in [2.45, 2.75) is 6.61 Å². The number of carbonyl (C=O) groups is 1. The predicted octanol–water partition coefficient (Wildman–Crippen LogP) is 4.01. The quantitative estimate of drug-likeness (QED) is 0.459. The molecule has 22 heavy (non-hydrogen) atoms. The third kappa shape index (κ3) is 5.29. The molecule has 0 atom stereocenters. The Morgan fingerprint density at radius 3 is 2.41 bits per heavy atom. The molecule has 0 radical (unpaired) electrons. The molecule has 3 heteroatoms. The molecule has 3 nitrogen and oxygen atoms in total. The van der Waals surface area contributed by atoms with E-state index in [2.05, 4.69) is 0 Å². The van der Waals surface area contributed by atoms with Gasteiger partial charge in [0.15, 0.2) is 0 Å². The van der Waals surface area contributed by atoms with Crippen molar-refractivity contribution in [3.63, 3.8) is 0 Å². The lowest BCUT2D eigenvalue weighted by Crippen LogP contribution is -2.00. The Bertz CT molecular complexity index is 640. The van der Waals surface area contributed by atoms with Crippen LogP contribution in [0.3, 0.4) is 0 Å². The van der Waals surface area contributed by atoms with Crippen molar-refractivity contribution in [3.8, 4) is 5.75 Å². The van der Waals surface area contributed by atoms with E-state index in [-0.39, 0.29) is 12.6 Å². The molecule has 0 spiro atoms. The second kappa shape index (κ2) is 8.47. The van der Waals surface area contributed by atoms with Crippen LogP contribution in [0.25, 0.3) is 6.08 Å². The zero-order valence-corrected chi connectivity index (χ0v) is 12.4. The van der Waals surface area contributed by atoms with Crippen molar-refractivity contribution < 1.29 is 14.3 Å². The maximum Gasteiger partial charge on any atom is 0.331 e. The number of esters is 1. The van der Waals surface area contributed by atoms with Crippen molar-refractivity contribution in [1.82, 2.24) is 0 Å². The van der Waals surface area contributed by atoms with Gasteiger partial charge >= 0.3 is 5.97 Å². The van der Waals surface area contributed by atoms with Crippen LogP contribution in [-0.4, -0.2) is 13.1 Å². The van der Waals surface area contributed by atoms with Crippen LogP contribution in [0.15, 0.2) is 72.8 Å². The molecule has 0 bridgehead atoms. The van der Waals surface area contributed by atoms with Gasteiger partial charge < -0.3 is 9.47 Å². The Balaban J connectivity index is 1.77. The average molecular weight is 294 g/mol. The van der Waals surface area contributed by atoms with Crippen LogP contribution in [0.5, 0.6) is 5.75 Å². The van der Waals surface area contributed by atoms with Gasteiger partial charge in [-0.25, -0.2) is 4.79 Å². The Morgan fingerprint density at radius 1 is 1.00 bits per heavy atom. The normalized spacial score (nSPS) is 11.0. The smallest absolute Gasteiger partial charge is 0.331 e. The first-order valence-corrected chi connectivity index (χ1v) is 6.97. The maximum absolute atomic E-state index is 11.6. The highest BCUT2D eigenvalue weighted by molar-refractivity contribution is 5.82. The Hall–Kier alpha value is -2.81. The number of hydrogen-bond donors (Lipinski definition) is 0. The average Bonchev–Trinajstić information content (AvgIpc) is 2.58. The van der Waals surface area contributed by atoms with Gasteiger partial charge in [0.2, 0.25) is 0 Å². The standard InChI is InChI=1S/C19H18O3/c1-21-18-13-11-17(12-14-18)15-22-19(20)10-6-5-9-16-7-3-2-4-8-16/h2-14H,15H2,1H3/b9-5+,10-6+. The minimum Gasteiger partial charge on any atom is -0.497 e. The molecule has 0 saturated carbocycles. The van der Waals surface area contributed by atoms with Gasteiger partial charge in [0.1, 0.15) is 12.4 Å². The molecule has 2 aromatic rings. The van der Waals surface area contributed by atoms with Gasteiger partial charge in [0.25, 0.3) is 0 Å². The predicted molar refractivity (Wildman–Crippen MR) is 87.4 cm³/mol. The lowest BCUT2D eigenvalue weighted by atomic mass is 10.2. The van der Waals surface area contributed by atoms with Gasteiger partial charge in [-0.15, -0.1) is 0 Å². The summed E-state index contributed by atoms with van der Waals surface area (Å²) in [5.41, 5.74) is 2.00. The van der Waals surface area contributed by atoms with Crippen LogP contribution in [0.1, 0.15) is 11.1 Å². The van der Waals surface area contributed by atoms with E-state index >= 15 is 0 Å². The number of hydrogen-bond acceptors (Lipinski definition) is 3. The second-order valence-electron chi connectivity index (χ2n) is 4.58. The highest BCUT2D eigenvalue weighted by atomic mass is 16.5. The number of ether oxygens (including phenoxy) is 2. The van der Waals surface area contributed by atoms with Gasteiger partial charge in [-0.1, -0.05) is 60.7 Å². The molecule has 2 rings (SSSR count). The van der Waals surface area contributed by atoms with Crippen LogP contribution in [0, 0.1) is 0 Å². The molecule has 0 fully saturated rings. The highest BCUT2D eigenvalue weighted by Gasteiger charge is 1.98. The summed E-state index contributed by atoms with van der Waals surface area (Å²) in [4.78, 5) is 11.6. The van der Waals surface area contributed by atoms with Gasteiger partial charge in [-0.3, -0.25) is 0 Å². The van der Waals surface area contributed by atoms with Crippen LogP contribution in [-0.2, 0) is 16.1 Å². The topological polar surface area (TPSA) is 35.5 Å². The van der Waals surface area contributed by atoms with Gasteiger partial charge in [0, 0.05) is 6.08 Å². The zero-order valence-electron chi connectivity index (χ0n) is 12.4. The first kappa shape index (κ1) is 15.6. The fraction of sp³-hybridized carbons (Fsp3) is 0.105. The number of allylic oxidation sites excluding steroid dienone is 2. The monoisotopic (exact) mass is 294 g/mol. The van der Waals surface area contributed by atoms with E-state index in [0.717, 1.165) is 16.9 Å². The summed E-state index contributed by atoms with van der Waals surface area (Å²) < 4.78 is 10.2. The second-order valence-corrected chi connectivity index (χ2v) is 4.58. The fourth-order valence-corrected chi connectivity index (χ4v) is 1.79. The molecule has 0 aliphatic heterocycles. The molecule has 0 aliphatic carbocycles. The summed E-state index contributed by atoms with van der Waals surface area (Å²) in [5.74, 6) is 0.412. The summed E-state index contributed by atoms with van der Waals surface area (Å²) in [6, 6.07) is 17.3. The van der Waals surface area contributed by atoms with E-state index in [9.17, 15) is 4.79 Å². The van der Waals surface area contributed by atoms with Crippen molar-refractivity contribution >= 4 is 12.0 Å². The Labute approximate surface area is 130 Å². The van der Waals surface area contributed by atoms with Gasteiger partial charge in [-0.05, 0) is 23.3 Å². The minimum atomic E-state index is -0.367. The summed E-state index contributed by atoms with van der Waals surface area (Å²) >= 11 is 0. The van der Waals surface area contributed by atoms with E-state index in [1.807, 2.05) is 66.7 Å². The molecule has 0 saturated heterocycles. The first-order chi connectivity index (χ1) is 10.8. The Morgan fingerprint density at radius 2 is 1.73 bits per heavy atom. The molecule has 2 aromatic carbocycles. The summed E-state index contributed by atoms with van der Waals surface area (Å²) in [5, 5.41) is 0. The maximum atomic E-state index is 11.6. The zero-order chi connectivity index (χ0) is 15.6. The van der Waals surface area contributed by atoms with E-state index in [0.29, 0.717) is 0 Å². The molecular weight excluding hydrogens is 276 g/mol. The summed E-state index contributed by atoms with van der Waals surface area (Å²) in [6.07, 6.45) is 6.81. The van der Waals surface area contributed by atoms with Crippen LogP contribution in [0.2, 0.25) is 0 Å². The minimum absolute atomic E-state index is 0.246. The SMILES string of the molecule is COc1ccc(COC(=O)/C=C/C=C/c2ccccc2)cc1. The molecular formula is C19H18O3. The van der Waals surface area contributed by atoms with Gasteiger partial charge in [0.05, 0.1) is 7.11 Å². The lowest BCUT2D eigenvalue weighted by Gasteiger charge is -2.03. The fourth-order valence-electron chi connectivity index (χ4n) is 1.79. The number of carbonyl (C=O) groups excluding carboxylic acids is 1. The molecule has 112 valence electrons. The van der Waals surface area contributed by atoms with Gasteiger partial charge in [-0.2, -0.15) is 0 Å². The number of benzene rings is 2. The van der Waals surface area contributed by atoms with Crippen LogP contribution in [0.4, 0.5) is 0 Å². The molecule has 0 unspecified atom stereocenters. The third-order valence-corrected chi connectivity index (χ3v) is 2.97. The lowest BCUT2D eigenvalue weighted by molar-refractivity contribution is -0.139. The summed E-state index contributed by atoms with van der Waals surface area (Å²) in [6.45, 7) is 0.246. The van der Waals surface area contributed by atoms with Crippen molar-refractivity contribution in [2.24, 2.45) is 0 Å². The Kier molecular flexibility index (Phi) is 6.00. The third-order valence-electron chi connectivity index (χ3n) is 2.97. The van der Waals surface area contributed by atoms with E-state index in [4.69, 9.17) is 9.47 Å². The van der Waals surface area contributed by atoms with E-state index in [1.165, 1.54) is 6.08 Å². The van der Waals surface area contributed by atoms with E-state index < -0.39 is 0 Å². The van der Waals surface area contributed by atoms with Crippen LogP contribution < -0.4 is 4.74 Å².